The van der Waals surface area contributed by atoms with Crippen molar-refractivity contribution < 1.29 is 19.0 Å². The first-order chi connectivity index (χ1) is 15.1. The number of rotatable bonds is 4. The summed E-state index contributed by atoms with van der Waals surface area (Å²) in [6.07, 6.45) is 0.887. The molecule has 2 saturated heterocycles. The Bertz CT molecular complexity index is 805. The zero-order valence-corrected chi connectivity index (χ0v) is 18.6. The van der Waals surface area contributed by atoms with E-state index in [1.54, 1.807) is 0 Å². The lowest BCUT2D eigenvalue weighted by molar-refractivity contribution is -0.146. The second-order valence-corrected chi connectivity index (χ2v) is 8.58. The van der Waals surface area contributed by atoms with Gasteiger partial charge in [-0.3, -0.25) is 9.69 Å². The van der Waals surface area contributed by atoms with Crippen LogP contribution in [0.2, 0.25) is 0 Å². The molecule has 1 amide bonds. The molecule has 0 radical (unpaired) electrons. The molecular weight excluding hydrogens is 394 g/mol. The third-order valence-electron chi connectivity index (χ3n) is 6.25. The number of benzene rings is 1. The monoisotopic (exact) mass is 427 g/mol. The number of ether oxygens (including phenoxy) is 3. The highest BCUT2D eigenvalue weighted by Gasteiger charge is 2.37. The summed E-state index contributed by atoms with van der Waals surface area (Å²) < 4.78 is 17.8. The van der Waals surface area contributed by atoms with Crippen molar-refractivity contribution in [1.82, 2.24) is 14.7 Å². The average Bonchev–Trinajstić information content (AvgIpc) is 2.79. The molecule has 7 nitrogen and oxygen atoms in total. The van der Waals surface area contributed by atoms with E-state index in [0.29, 0.717) is 31.2 Å². The van der Waals surface area contributed by atoms with Crippen LogP contribution < -0.4 is 9.47 Å². The van der Waals surface area contributed by atoms with Crippen LogP contribution in [0.25, 0.3) is 0 Å². The van der Waals surface area contributed by atoms with E-state index >= 15 is 0 Å². The van der Waals surface area contributed by atoms with Gasteiger partial charge in [-0.2, -0.15) is 0 Å². The number of nitrogens with zero attached hydrogens (tertiary/aromatic N) is 3. The summed E-state index contributed by atoms with van der Waals surface area (Å²) in [5, 5.41) is 0. The summed E-state index contributed by atoms with van der Waals surface area (Å²) in [7, 11) is 2.16. The number of carbonyl (C=O) groups excluding carboxylic acids is 1. The Kier molecular flexibility index (Phi) is 7.33. The smallest absolute Gasteiger partial charge is 0.267 e. The van der Waals surface area contributed by atoms with Crippen molar-refractivity contribution in [2.24, 2.45) is 0 Å². The van der Waals surface area contributed by atoms with Crippen molar-refractivity contribution in [3.8, 4) is 23.3 Å². The Balaban J connectivity index is 1.17. The molecule has 168 valence electrons. The van der Waals surface area contributed by atoms with Crippen LogP contribution in [0.4, 0.5) is 0 Å². The van der Waals surface area contributed by atoms with Gasteiger partial charge in [-0.15, -0.1) is 0 Å². The molecule has 3 heterocycles. The molecule has 0 aromatic heterocycles. The first-order valence-electron chi connectivity index (χ1n) is 11.3. The van der Waals surface area contributed by atoms with Crippen molar-refractivity contribution >= 4 is 5.91 Å². The van der Waals surface area contributed by atoms with E-state index in [0.717, 1.165) is 45.6 Å². The van der Waals surface area contributed by atoms with Gasteiger partial charge in [0.25, 0.3) is 5.91 Å². The molecule has 0 aliphatic carbocycles. The molecule has 0 N–H and O–H groups in total. The molecule has 0 saturated carbocycles. The topological polar surface area (TPSA) is 54.5 Å². The second kappa shape index (κ2) is 10.4. The maximum Gasteiger partial charge on any atom is 0.267 e. The number of likely N-dealkylation sites (tertiary alicyclic amines) is 1. The highest BCUT2D eigenvalue weighted by molar-refractivity contribution is 5.82. The van der Waals surface area contributed by atoms with Gasteiger partial charge in [0.05, 0.1) is 12.6 Å². The highest BCUT2D eigenvalue weighted by atomic mass is 16.6. The van der Waals surface area contributed by atoms with Crippen molar-refractivity contribution in [1.29, 1.82) is 0 Å². The molecule has 2 unspecified atom stereocenters. The van der Waals surface area contributed by atoms with Gasteiger partial charge in [-0.1, -0.05) is 24.0 Å². The Labute approximate surface area is 185 Å². The molecule has 1 aromatic rings. The normalized spacial score (nSPS) is 25.0. The lowest BCUT2D eigenvalue weighted by Crippen LogP contribution is -2.53. The van der Waals surface area contributed by atoms with Crippen LogP contribution >= 0.6 is 0 Å². The summed E-state index contributed by atoms with van der Waals surface area (Å²) in [4.78, 5) is 19.6. The maximum absolute atomic E-state index is 13.0. The number of piperazine rings is 1. The van der Waals surface area contributed by atoms with Gasteiger partial charge in [0.1, 0.15) is 12.7 Å². The number of amides is 1. The van der Waals surface area contributed by atoms with Gasteiger partial charge in [0.2, 0.25) is 6.10 Å². The average molecular weight is 428 g/mol. The summed E-state index contributed by atoms with van der Waals surface area (Å²) in [6, 6.07) is 7.49. The molecule has 0 bridgehead atoms. The zero-order chi connectivity index (χ0) is 21.6. The van der Waals surface area contributed by atoms with Gasteiger partial charge in [-0.05, 0) is 38.9 Å². The molecule has 2 atom stereocenters. The van der Waals surface area contributed by atoms with Gasteiger partial charge < -0.3 is 24.0 Å². The molecule has 7 heteroatoms. The van der Waals surface area contributed by atoms with E-state index < -0.39 is 6.10 Å². The number of hydrogen-bond donors (Lipinski definition) is 0. The summed E-state index contributed by atoms with van der Waals surface area (Å²) in [5.74, 6) is 7.70. The Morgan fingerprint density at radius 3 is 2.42 bits per heavy atom. The minimum Gasteiger partial charge on any atom is -0.482 e. The molecule has 31 heavy (non-hydrogen) atoms. The van der Waals surface area contributed by atoms with Crippen molar-refractivity contribution in [3.05, 3.63) is 24.3 Å². The predicted molar refractivity (Wildman–Crippen MR) is 118 cm³/mol. The minimum atomic E-state index is -0.604. The van der Waals surface area contributed by atoms with Gasteiger partial charge in [0, 0.05) is 39.3 Å². The van der Waals surface area contributed by atoms with E-state index in [9.17, 15) is 4.79 Å². The molecule has 0 spiro atoms. The maximum atomic E-state index is 13.0. The quantitative estimate of drug-likeness (QED) is 0.679. The molecule has 3 aliphatic rings. The fourth-order valence-electron chi connectivity index (χ4n) is 4.20. The predicted octanol–water partition coefficient (Wildman–Crippen LogP) is 1.47. The third kappa shape index (κ3) is 5.70. The van der Waals surface area contributed by atoms with Crippen LogP contribution in [0.15, 0.2) is 24.3 Å². The summed E-state index contributed by atoms with van der Waals surface area (Å²) in [5.41, 5.74) is 0. The highest BCUT2D eigenvalue weighted by Crippen LogP contribution is 2.34. The number of carbonyl (C=O) groups is 1. The molecular formula is C24H33N3O4. The molecule has 2 fully saturated rings. The molecule has 1 aromatic carbocycles. The first kappa shape index (κ1) is 21.9. The SMILES string of the molecule is CC1Oc2ccccc2OC1C(=O)N1CCC(OCC#CCN2CCN(C)CC2)CC1. The van der Waals surface area contributed by atoms with Crippen molar-refractivity contribution in [2.45, 2.75) is 38.1 Å². The lowest BCUT2D eigenvalue weighted by Gasteiger charge is -2.37. The zero-order valence-electron chi connectivity index (χ0n) is 18.6. The van der Waals surface area contributed by atoms with E-state index in [1.165, 1.54) is 0 Å². The van der Waals surface area contributed by atoms with Crippen LogP contribution in [0.3, 0.4) is 0 Å². The van der Waals surface area contributed by atoms with Gasteiger partial charge >= 0.3 is 0 Å². The Morgan fingerprint density at radius 1 is 1.03 bits per heavy atom. The number of likely N-dealkylation sites (N-methyl/N-ethyl adjacent to an activating group) is 1. The van der Waals surface area contributed by atoms with Gasteiger partial charge in [-0.25, -0.2) is 0 Å². The van der Waals surface area contributed by atoms with Crippen LogP contribution in [0.1, 0.15) is 19.8 Å². The standard InChI is InChI=1S/C24H33N3O4/c1-19-23(31-22-8-4-3-7-21(22)30-19)24(28)27-12-9-20(10-13-27)29-18-6-5-11-26-16-14-25(2)15-17-26/h3-4,7-8,19-20,23H,9-18H2,1-2H3. The van der Waals surface area contributed by atoms with Crippen molar-refractivity contribution in [3.63, 3.8) is 0 Å². The van der Waals surface area contributed by atoms with Crippen LogP contribution in [0.5, 0.6) is 11.5 Å². The van der Waals surface area contributed by atoms with E-state index in [4.69, 9.17) is 14.2 Å². The lowest BCUT2D eigenvalue weighted by atomic mass is 10.1. The second-order valence-electron chi connectivity index (χ2n) is 8.58. The van der Waals surface area contributed by atoms with E-state index in [-0.39, 0.29) is 18.1 Å². The number of hydrogen-bond acceptors (Lipinski definition) is 6. The summed E-state index contributed by atoms with van der Waals surface area (Å²) >= 11 is 0. The fraction of sp³-hybridized carbons (Fsp3) is 0.625. The first-order valence-corrected chi connectivity index (χ1v) is 11.3. The van der Waals surface area contributed by atoms with Crippen LogP contribution in [-0.2, 0) is 9.53 Å². The fourth-order valence-corrected chi connectivity index (χ4v) is 4.20. The third-order valence-corrected chi connectivity index (χ3v) is 6.25. The van der Waals surface area contributed by atoms with E-state index in [1.807, 2.05) is 36.1 Å². The number of piperidine rings is 1. The molecule has 3 aliphatic heterocycles. The largest absolute Gasteiger partial charge is 0.482 e. The minimum absolute atomic E-state index is 0.00702. The van der Waals surface area contributed by atoms with Crippen LogP contribution in [0, 0.1) is 11.8 Å². The van der Waals surface area contributed by atoms with Crippen molar-refractivity contribution in [2.75, 3.05) is 59.5 Å². The van der Waals surface area contributed by atoms with Crippen LogP contribution in [-0.4, -0.2) is 98.4 Å². The number of fused-ring (bicyclic) bond motifs is 1. The molecule has 4 rings (SSSR count). The number of para-hydroxylation sites is 2. The van der Waals surface area contributed by atoms with E-state index in [2.05, 4.69) is 28.7 Å². The Hall–Kier alpha value is -2.27. The Morgan fingerprint density at radius 2 is 1.71 bits per heavy atom. The van der Waals surface area contributed by atoms with Gasteiger partial charge in [0.15, 0.2) is 11.5 Å². The summed E-state index contributed by atoms with van der Waals surface area (Å²) in [6.45, 7) is 8.89.